The molecule has 0 bridgehead atoms. The van der Waals surface area contributed by atoms with Crippen LogP contribution in [0, 0.1) is 12.3 Å². The predicted molar refractivity (Wildman–Crippen MR) is 78.2 cm³/mol. The van der Waals surface area contributed by atoms with Crippen molar-refractivity contribution in [1.29, 1.82) is 0 Å². The molecule has 0 spiro atoms. The van der Waals surface area contributed by atoms with Crippen molar-refractivity contribution in [3.8, 4) is 12.3 Å². The first-order valence-corrected chi connectivity index (χ1v) is 6.88. The molecule has 118 valence electrons. The van der Waals surface area contributed by atoms with Crippen LogP contribution in [-0.4, -0.2) is 28.8 Å². The highest BCUT2D eigenvalue weighted by molar-refractivity contribution is 6.02. The van der Waals surface area contributed by atoms with Crippen LogP contribution >= 0.6 is 0 Å². The molecule has 7 heteroatoms. The first-order valence-electron chi connectivity index (χ1n) is 6.88. The average Bonchev–Trinajstić information content (AvgIpc) is 2.85. The first kappa shape index (κ1) is 16.2. The largest absolute Gasteiger partial charge is 0.363 e. The number of hydrogen-bond donors (Lipinski definition) is 1. The van der Waals surface area contributed by atoms with Gasteiger partial charge in [-0.15, -0.1) is 11.5 Å². The number of terminal acetylenes is 1. The van der Waals surface area contributed by atoms with Gasteiger partial charge in [-0.25, -0.2) is 4.79 Å². The van der Waals surface area contributed by atoms with Gasteiger partial charge in [0.05, 0.1) is 12.0 Å². The second-order valence-electron chi connectivity index (χ2n) is 4.82. The standard InChI is InChI=1S/C16H14N2O5/c1-2-3-13(19)17-10-11-4-6-12(7-5-11)16(22)23-18-14(20)8-9-15(18)21/h1,4-7H,3,8-10H2,(H,17,19). The van der Waals surface area contributed by atoms with E-state index in [1.165, 1.54) is 12.1 Å². The van der Waals surface area contributed by atoms with Crippen LogP contribution in [0.25, 0.3) is 0 Å². The zero-order valence-corrected chi connectivity index (χ0v) is 12.2. The Kier molecular flexibility index (Phi) is 5.10. The Morgan fingerprint density at radius 3 is 2.35 bits per heavy atom. The van der Waals surface area contributed by atoms with Crippen LogP contribution < -0.4 is 5.32 Å². The minimum Gasteiger partial charge on any atom is -0.351 e. The third-order valence-corrected chi connectivity index (χ3v) is 3.12. The van der Waals surface area contributed by atoms with Crippen LogP contribution in [0.4, 0.5) is 0 Å². The molecule has 1 aromatic rings. The van der Waals surface area contributed by atoms with Crippen molar-refractivity contribution in [1.82, 2.24) is 10.4 Å². The molecule has 1 aliphatic heterocycles. The molecule has 1 aromatic carbocycles. The van der Waals surface area contributed by atoms with Gasteiger partial charge in [-0.2, -0.15) is 0 Å². The number of hydroxylamine groups is 2. The van der Waals surface area contributed by atoms with Gasteiger partial charge in [0.25, 0.3) is 11.8 Å². The van der Waals surface area contributed by atoms with Crippen molar-refractivity contribution in [3.05, 3.63) is 35.4 Å². The fourth-order valence-electron chi connectivity index (χ4n) is 1.91. The van der Waals surface area contributed by atoms with Crippen LogP contribution in [0.3, 0.4) is 0 Å². The van der Waals surface area contributed by atoms with Crippen LogP contribution in [0.1, 0.15) is 35.2 Å². The van der Waals surface area contributed by atoms with Crippen molar-refractivity contribution < 1.29 is 24.0 Å². The third kappa shape index (κ3) is 4.17. The summed E-state index contributed by atoms with van der Waals surface area (Å²) in [5, 5.41) is 3.12. The first-order chi connectivity index (χ1) is 11.0. The number of carbonyl (C=O) groups is 4. The van der Waals surface area contributed by atoms with Gasteiger partial charge in [-0.05, 0) is 17.7 Å². The number of benzene rings is 1. The van der Waals surface area contributed by atoms with Crippen molar-refractivity contribution in [2.24, 2.45) is 0 Å². The fourth-order valence-corrected chi connectivity index (χ4v) is 1.91. The molecule has 0 saturated carbocycles. The molecule has 7 nitrogen and oxygen atoms in total. The number of carbonyl (C=O) groups excluding carboxylic acids is 4. The van der Waals surface area contributed by atoms with Crippen LogP contribution in [0.15, 0.2) is 24.3 Å². The van der Waals surface area contributed by atoms with Crippen LogP contribution in [-0.2, 0) is 25.8 Å². The molecule has 1 N–H and O–H groups in total. The minimum atomic E-state index is -0.795. The van der Waals surface area contributed by atoms with Gasteiger partial charge in [0.2, 0.25) is 5.91 Å². The second-order valence-corrected chi connectivity index (χ2v) is 4.82. The summed E-state index contributed by atoms with van der Waals surface area (Å²) in [4.78, 5) is 50.7. The number of nitrogens with one attached hydrogen (secondary N) is 1. The summed E-state index contributed by atoms with van der Waals surface area (Å²) < 4.78 is 0. The smallest absolute Gasteiger partial charge is 0.351 e. The summed E-state index contributed by atoms with van der Waals surface area (Å²) >= 11 is 0. The summed E-state index contributed by atoms with van der Waals surface area (Å²) in [5.74, 6) is 0.117. The highest BCUT2D eigenvalue weighted by atomic mass is 16.7. The number of amides is 3. The van der Waals surface area contributed by atoms with E-state index in [1.807, 2.05) is 0 Å². The van der Waals surface area contributed by atoms with Crippen LogP contribution in [0.2, 0.25) is 0 Å². The van der Waals surface area contributed by atoms with Gasteiger partial charge in [0.15, 0.2) is 0 Å². The monoisotopic (exact) mass is 314 g/mol. The maximum Gasteiger partial charge on any atom is 0.363 e. The van der Waals surface area contributed by atoms with E-state index in [-0.39, 0.29) is 37.3 Å². The van der Waals surface area contributed by atoms with E-state index in [0.717, 1.165) is 5.56 Å². The molecule has 1 heterocycles. The zero-order valence-electron chi connectivity index (χ0n) is 12.2. The summed E-state index contributed by atoms with van der Waals surface area (Å²) in [6, 6.07) is 6.22. The predicted octanol–water partition coefficient (Wildman–Crippen LogP) is 0.547. The second kappa shape index (κ2) is 7.22. The number of rotatable bonds is 5. The van der Waals surface area contributed by atoms with Gasteiger partial charge in [0, 0.05) is 19.4 Å². The third-order valence-electron chi connectivity index (χ3n) is 3.12. The normalized spacial score (nSPS) is 13.6. The van der Waals surface area contributed by atoms with Crippen molar-refractivity contribution in [2.75, 3.05) is 0 Å². The summed E-state index contributed by atoms with van der Waals surface area (Å²) in [7, 11) is 0. The fraction of sp³-hybridized carbons (Fsp3) is 0.250. The number of hydrogen-bond acceptors (Lipinski definition) is 5. The lowest BCUT2D eigenvalue weighted by Gasteiger charge is -2.12. The van der Waals surface area contributed by atoms with E-state index in [4.69, 9.17) is 11.3 Å². The Hall–Kier alpha value is -3.14. The minimum absolute atomic E-state index is 0.00228. The summed E-state index contributed by atoms with van der Waals surface area (Å²) in [6.07, 6.45) is 5.11. The number of imide groups is 1. The maximum atomic E-state index is 11.9. The molecule has 0 unspecified atom stereocenters. The summed E-state index contributed by atoms with van der Waals surface area (Å²) in [6.45, 7) is 0.277. The lowest BCUT2D eigenvalue weighted by atomic mass is 10.1. The number of nitrogens with zero attached hydrogens (tertiary/aromatic N) is 1. The van der Waals surface area contributed by atoms with E-state index < -0.39 is 17.8 Å². The molecular weight excluding hydrogens is 300 g/mol. The quantitative estimate of drug-likeness (QED) is 0.633. The van der Waals surface area contributed by atoms with Gasteiger partial charge < -0.3 is 10.2 Å². The molecule has 0 radical (unpaired) electrons. The molecule has 2 rings (SSSR count). The van der Waals surface area contributed by atoms with Gasteiger partial charge >= 0.3 is 5.97 Å². The Bertz CT molecular complexity index is 671. The van der Waals surface area contributed by atoms with E-state index >= 15 is 0 Å². The van der Waals surface area contributed by atoms with Gasteiger partial charge in [-0.1, -0.05) is 18.1 Å². The zero-order chi connectivity index (χ0) is 16.8. The SMILES string of the molecule is C#CCC(=O)NCc1ccc(C(=O)ON2C(=O)CCC2=O)cc1. The Morgan fingerprint density at radius 2 is 1.78 bits per heavy atom. The Balaban J connectivity index is 1.92. The molecule has 3 amide bonds. The topological polar surface area (TPSA) is 92.8 Å². The molecular formula is C16H14N2O5. The molecule has 0 aliphatic carbocycles. The molecule has 0 atom stereocenters. The van der Waals surface area contributed by atoms with E-state index in [2.05, 4.69) is 11.2 Å². The molecule has 0 aromatic heterocycles. The van der Waals surface area contributed by atoms with Crippen molar-refractivity contribution in [2.45, 2.75) is 25.8 Å². The molecule has 1 aliphatic rings. The Labute approximate surface area is 132 Å². The maximum absolute atomic E-state index is 11.9. The molecule has 23 heavy (non-hydrogen) atoms. The van der Waals surface area contributed by atoms with Gasteiger partial charge in [0.1, 0.15) is 0 Å². The van der Waals surface area contributed by atoms with E-state index in [9.17, 15) is 19.2 Å². The van der Waals surface area contributed by atoms with Crippen LogP contribution in [0.5, 0.6) is 0 Å². The highest BCUT2D eigenvalue weighted by Gasteiger charge is 2.33. The van der Waals surface area contributed by atoms with E-state index in [0.29, 0.717) is 5.06 Å². The lowest BCUT2D eigenvalue weighted by molar-refractivity contribution is -0.172. The van der Waals surface area contributed by atoms with Crippen molar-refractivity contribution in [3.63, 3.8) is 0 Å². The highest BCUT2D eigenvalue weighted by Crippen LogP contribution is 2.14. The lowest BCUT2D eigenvalue weighted by Crippen LogP contribution is -2.32. The van der Waals surface area contributed by atoms with E-state index in [1.54, 1.807) is 12.1 Å². The summed E-state index contributed by atoms with van der Waals surface area (Å²) in [5.41, 5.74) is 0.955. The molecule has 1 saturated heterocycles. The van der Waals surface area contributed by atoms with Crippen molar-refractivity contribution >= 4 is 23.7 Å². The Morgan fingerprint density at radius 1 is 1.17 bits per heavy atom. The molecule has 1 fully saturated rings. The average molecular weight is 314 g/mol. The van der Waals surface area contributed by atoms with Gasteiger partial charge in [-0.3, -0.25) is 14.4 Å².